The summed E-state index contributed by atoms with van der Waals surface area (Å²) >= 11 is 3.71. The lowest BCUT2D eigenvalue weighted by molar-refractivity contribution is 0.243. The fraction of sp³-hybridized carbons (Fsp3) is 0.684. The van der Waals surface area contributed by atoms with E-state index in [1.54, 1.807) is 0 Å². The summed E-state index contributed by atoms with van der Waals surface area (Å²) in [6, 6.07) is 4.53. The number of ether oxygens (including phenoxy) is 2. The highest BCUT2D eigenvalue weighted by Crippen LogP contribution is 2.43. The van der Waals surface area contributed by atoms with Crippen LogP contribution in [0.15, 0.2) is 12.1 Å². The molecule has 0 unspecified atom stereocenters. The number of hydrogen-bond donors (Lipinski definition) is 0. The van der Waals surface area contributed by atoms with Gasteiger partial charge in [0.05, 0.1) is 22.6 Å². The molecule has 4 nitrogen and oxygen atoms in total. The van der Waals surface area contributed by atoms with E-state index >= 15 is 0 Å². The second kappa shape index (κ2) is 19.6. The Morgan fingerprint density at radius 2 is 0.795 bits per heavy atom. The number of rotatable bonds is 24. The molecule has 6 heteroatoms. The van der Waals surface area contributed by atoms with Crippen LogP contribution in [0.5, 0.6) is 11.8 Å². The van der Waals surface area contributed by atoms with Crippen LogP contribution in [0.3, 0.4) is 0 Å². The van der Waals surface area contributed by atoms with Gasteiger partial charge in [0.2, 0.25) is 0 Å². The van der Waals surface area contributed by atoms with Crippen molar-refractivity contribution in [2.75, 3.05) is 13.2 Å². The average molecular weight is 639 g/mol. The van der Waals surface area contributed by atoms with Gasteiger partial charge < -0.3 is 9.47 Å². The van der Waals surface area contributed by atoms with Gasteiger partial charge in [-0.15, -0.1) is 22.7 Å². The molecule has 0 saturated heterocycles. The van der Waals surface area contributed by atoms with Crippen molar-refractivity contribution in [1.29, 1.82) is 0 Å². The van der Waals surface area contributed by atoms with Crippen LogP contribution in [0.4, 0.5) is 0 Å². The normalized spacial score (nSPS) is 11.8. The summed E-state index contributed by atoms with van der Waals surface area (Å²) in [7, 11) is 0. The minimum atomic E-state index is 0.567. The minimum Gasteiger partial charge on any atom is -0.474 e. The first-order valence-electron chi connectivity index (χ1n) is 18.0. The number of nitrogens with zero attached hydrogens (tertiary/aromatic N) is 2. The molecule has 0 aliphatic carbocycles. The summed E-state index contributed by atoms with van der Waals surface area (Å²) in [6.45, 7) is 10.3. The third kappa shape index (κ3) is 10.6. The Morgan fingerprint density at radius 1 is 0.477 bits per heavy atom. The third-order valence-electron chi connectivity index (χ3n) is 8.73. The maximum absolute atomic E-state index is 6.35. The first-order chi connectivity index (χ1) is 21.6. The van der Waals surface area contributed by atoms with Crippen molar-refractivity contribution in [1.82, 2.24) is 9.97 Å². The van der Waals surface area contributed by atoms with Crippen molar-refractivity contribution in [3.8, 4) is 11.8 Å². The van der Waals surface area contributed by atoms with E-state index in [0.29, 0.717) is 25.0 Å². The van der Waals surface area contributed by atoms with Gasteiger partial charge >= 0.3 is 0 Å². The maximum atomic E-state index is 6.35. The van der Waals surface area contributed by atoms with Gasteiger partial charge in [0.1, 0.15) is 11.0 Å². The molecule has 0 atom stereocenters. The lowest BCUT2D eigenvalue weighted by Gasteiger charge is -2.13. The molecule has 3 aromatic heterocycles. The van der Waals surface area contributed by atoms with E-state index in [2.05, 4.69) is 39.8 Å². The third-order valence-corrected chi connectivity index (χ3v) is 11.0. The monoisotopic (exact) mass is 638 g/mol. The number of fused-ring (bicyclic) bond motifs is 6. The fourth-order valence-electron chi connectivity index (χ4n) is 6.20. The fourth-order valence-corrected chi connectivity index (χ4v) is 8.39. The summed E-state index contributed by atoms with van der Waals surface area (Å²) in [4.78, 5) is 12.9. The Hall–Kier alpha value is -1.92. The van der Waals surface area contributed by atoms with Crippen molar-refractivity contribution in [3.05, 3.63) is 21.9 Å². The number of thiophene rings is 2. The highest BCUT2D eigenvalue weighted by atomic mass is 32.1. The summed E-state index contributed by atoms with van der Waals surface area (Å²) in [5, 5.41) is 2.38. The van der Waals surface area contributed by atoms with Gasteiger partial charge in [0, 0.05) is 20.5 Å². The van der Waals surface area contributed by atoms with Crippen LogP contribution in [0, 0.1) is 13.8 Å². The van der Waals surface area contributed by atoms with Crippen molar-refractivity contribution < 1.29 is 9.47 Å². The summed E-state index contributed by atoms with van der Waals surface area (Å²) in [5.41, 5.74) is 1.89. The first kappa shape index (κ1) is 34.9. The van der Waals surface area contributed by atoms with Crippen LogP contribution in [0.1, 0.15) is 152 Å². The van der Waals surface area contributed by atoms with Crippen LogP contribution < -0.4 is 9.47 Å². The Morgan fingerprint density at radius 3 is 1.14 bits per heavy atom. The largest absolute Gasteiger partial charge is 0.474 e. The van der Waals surface area contributed by atoms with Crippen LogP contribution in [0.2, 0.25) is 0 Å². The molecule has 0 amide bonds. The van der Waals surface area contributed by atoms with E-state index in [9.17, 15) is 0 Å². The zero-order valence-electron chi connectivity index (χ0n) is 28.2. The van der Waals surface area contributed by atoms with Crippen LogP contribution in [0.25, 0.3) is 31.2 Å². The zero-order chi connectivity index (χ0) is 31.0. The molecule has 0 spiro atoms. The molecule has 244 valence electrons. The molecule has 0 fully saturated rings. The standard InChI is InChI=1S/C38H58N2O2S2/c1-5-7-9-11-13-15-17-19-21-23-25-41-37-38(42-26-24-22-20-18-16-14-12-10-8-6-2)40-34-32-28-30(4)44-36(32)35-31(33(34)39-37)27-29(3)43-35/h27-28H,5-26H2,1-4H3. The molecule has 0 saturated carbocycles. The molecule has 0 N–H and O–H groups in total. The van der Waals surface area contributed by atoms with E-state index in [4.69, 9.17) is 19.4 Å². The first-order valence-corrected chi connectivity index (χ1v) is 19.6. The quantitative estimate of drug-likeness (QED) is 0.0716. The van der Waals surface area contributed by atoms with E-state index in [-0.39, 0.29) is 0 Å². The molecule has 1 aromatic carbocycles. The van der Waals surface area contributed by atoms with Gasteiger partial charge in [-0.05, 0) is 38.8 Å². The average Bonchev–Trinajstić information content (AvgIpc) is 3.61. The Balaban J connectivity index is 1.36. The van der Waals surface area contributed by atoms with E-state index < -0.39 is 0 Å². The Bertz CT molecular complexity index is 1290. The van der Waals surface area contributed by atoms with Gasteiger partial charge in [-0.1, -0.05) is 129 Å². The molecule has 0 bridgehead atoms. The van der Waals surface area contributed by atoms with Crippen molar-refractivity contribution in [2.24, 2.45) is 0 Å². The summed E-state index contributed by atoms with van der Waals surface area (Å²) in [5.74, 6) is 1.13. The van der Waals surface area contributed by atoms with Crippen molar-refractivity contribution >= 4 is 53.9 Å². The molecule has 0 aliphatic rings. The molecule has 4 rings (SSSR count). The molecule has 4 aromatic rings. The van der Waals surface area contributed by atoms with Crippen LogP contribution in [-0.2, 0) is 0 Å². The highest BCUT2D eigenvalue weighted by molar-refractivity contribution is 7.27. The lowest BCUT2D eigenvalue weighted by Crippen LogP contribution is -2.06. The predicted molar refractivity (Wildman–Crippen MR) is 194 cm³/mol. The number of benzene rings is 1. The summed E-state index contributed by atoms with van der Waals surface area (Å²) < 4.78 is 15.3. The van der Waals surface area contributed by atoms with E-state index in [1.807, 2.05) is 22.7 Å². The highest BCUT2D eigenvalue weighted by Gasteiger charge is 2.20. The van der Waals surface area contributed by atoms with Crippen molar-refractivity contribution in [3.63, 3.8) is 0 Å². The lowest BCUT2D eigenvalue weighted by atomic mass is 10.1. The zero-order valence-corrected chi connectivity index (χ0v) is 29.9. The number of hydrogen-bond acceptors (Lipinski definition) is 6. The molecule has 0 aliphatic heterocycles. The molecule has 44 heavy (non-hydrogen) atoms. The molecular weight excluding hydrogens is 581 g/mol. The topological polar surface area (TPSA) is 44.2 Å². The predicted octanol–water partition coefficient (Wildman–Crippen LogP) is 13.3. The number of unbranched alkanes of at least 4 members (excludes halogenated alkanes) is 18. The second-order valence-corrected chi connectivity index (χ2v) is 15.3. The van der Waals surface area contributed by atoms with E-state index in [1.165, 1.54) is 146 Å². The Kier molecular flexibility index (Phi) is 15.5. The second-order valence-electron chi connectivity index (χ2n) is 12.8. The van der Waals surface area contributed by atoms with Gasteiger partial charge in [-0.3, -0.25) is 0 Å². The molecule has 3 heterocycles. The summed E-state index contributed by atoms with van der Waals surface area (Å²) in [6.07, 6.45) is 26.2. The number of aromatic nitrogens is 2. The molecular formula is C38H58N2O2S2. The maximum Gasteiger partial charge on any atom is 0.278 e. The smallest absolute Gasteiger partial charge is 0.278 e. The Labute approximate surface area is 275 Å². The van der Waals surface area contributed by atoms with Crippen LogP contribution >= 0.6 is 22.7 Å². The SMILES string of the molecule is CCCCCCCCCCCCOc1nc2c3cc(C)sc3c3sc(C)cc3c2nc1OCCCCCCCCCCCC. The van der Waals surface area contributed by atoms with Crippen LogP contribution in [-0.4, -0.2) is 23.2 Å². The van der Waals surface area contributed by atoms with Gasteiger partial charge in [0.15, 0.2) is 0 Å². The van der Waals surface area contributed by atoms with Gasteiger partial charge in [-0.25, -0.2) is 9.97 Å². The molecule has 0 radical (unpaired) electrons. The minimum absolute atomic E-state index is 0.567. The number of aryl methyl sites for hydroxylation is 2. The van der Waals surface area contributed by atoms with Gasteiger partial charge in [-0.2, -0.15) is 0 Å². The van der Waals surface area contributed by atoms with Crippen molar-refractivity contribution in [2.45, 2.75) is 156 Å². The van der Waals surface area contributed by atoms with Gasteiger partial charge in [0.25, 0.3) is 11.8 Å². The van der Waals surface area contributed by atoms with E-state index in [0.717, 1.165) is 23.9 Å².